The van der Waals surface area contributed by atoms with E-state index in [9.17, 15) is 0 Å². The van der Waals surface area contributed by atoms with Crippen molar-refractivity contribution in [3.63, 3.8) is 0 Å². The molecule has 0 atom stereocenters. The van der Waals surface area contributed by atoms with Crippen LogP contribution in [0.3, 0.4) is 0 Å². The van der Waals surface area contributed by atoms with Crippen LogP contribution < -0.4 is 0 Å². The van der Waals surface area contributed by atoms with Crippen LogP contribution in [-0.2, 0) is 5.75 Å². The minimum atomic E-state index is 0.902. The Hall–Kier alpha value is -0.590. The molecular formula is C10H11N3S3. The molecule has 0 aliphatic carbocycles. The Morgan fingerprint density at radius 3 is 2.75 bits per heavy atom. The van der Waals surface area contributed by atoms with Gasteiger partial charge < -0.3 is 0 Å². The lowest BCUT2D eigenvalue weighted by Crippen LogP contribution is -1.80. The quantitative estimate of drug-likeness (QED) is 0.778. The zero-order valence-electron chi connectivity index (χ0n) is 8.79. The molecule has 6 heteroatoms. The monoisotopic (exact) mass is 269 g/mol. The van der Waals surface area contributed by atoms with Gasteiger partial charge in [0.25, 0.3) is 0 Å². The van der Waals surface area contributed by atoms with E-state index in [1.54, 1.807) is 41.1 Å². The topological polar surface area (TPSA) is 38.7 Å². The van der Waals surface area contributed by atoms with Crippen LogP contribution in [0.1, 0.15) is 12.5 Å². The van der Waals surface area contributed by atoms with Crippen molar-refractivity contribution in [1.82, 2.24) is 15.2 Å². The van der Waals surface area contributed by atoms with Crippen LogP contribution in [0.25, 0.3) is 0 Å². The minimum Gasteiger partial charge on any atom is -0.264 e. The van der Waals surface area contributed by atoms with E-state index in [1.165, 1.54) is 5.56 Å². The van der Waals surface area contributed by atoms with Crippen molar-refractivity contribution >= 4 is 34.9 Å². The molecule has 0 saturated carbocycles. The Morgan fingerprint density at radius 2 is 2.06 bits per heavy atom. The van der Waals surface area contributed by atoms with E-state index >= 15 is 0 Å². The Morgan fingerprint density at radius 1 is 1.25 bits per heavy atom. The van der Waals surface area contributed by atoms with Gasteiger partial charge in [0, 0.05) is 18.1 Å². The highest BCUT2D eigenvalue weighted by molar-refractivity contribution is 8.02. The lowest BCUT2D eigenvalue weighted by molar-refractivity contribution is 0.954. The molecule has 0 fully saturated rings. The van der Waals surface area contributed by atoms with Gasteiger partial charge in [0.1, 0.15) is 0 Å². The molecule has 3 nitrogen and oxygen atoms in total. The van der Waals surface area contributed by atoms with Crippen LogP contribution in [-0.4, -0.2) is 20.9 Å². The first-order valence-corrected chi connectivity index (χ1v) is 7.65. The first-order chi connectivity index (χ1) is 7.88. The third kappa shape index (κ3) is 3.47. The lowest BCUT2D eigenvalue weighted by Gasteiger charge is -1.95. The smallest absolute Gasteiger partial charge is 0.175 e. The molecule has 2 heterocycles. The summed E-state index contributed by atoms with van der Waals surface area (Å²) in [7, 11) is 0. The lowest BCUT2D eigenvalue weighted by atomic mass is 10.3. The summed E-state index contributed by atoms with van der Waals surface area (Å²) in [6.45, 7) is 2.12. The molecule has 0 saturated heterocycles. The van der Waals surface area contributed by atoms with E-state index in [0.29, 0.717) is 0 Å². The van der Waals surface area contributed by atoms with Crippen molar-refractivity contribution < 1.29 is 0 Å². The third-order valence-electron chi connectivity index (χ3n) is 1.74. The van der Waals surface area contributed by atoms with Gasteiger partial charge in [-0.2, -0.15) is 0 Å². The summed E-state index contributed by atoms with van der Waals surface area (Å²) in [5, 5.41) is 8.25. The predicted octanol–water partition coefficient (Wildman–Crippen LogP) is 3.34. The molecule has 0 radical (unpaired) electrons. The van der Waals surface area contributed by atoms with Gasteiger partial charge >= 0.3 is 0 Å². The van der Waals surface area contributed by atoms with Crippen molar-refractivity contribution in [1.29, 1.82) is 0 Å². The van der Waals surface area contributed by atoms with E-state index in [-0.39, 0.29) is 0 Å². The fourth-order valence-corrected chi connectivity index (χ4v) is 3.92. The van der Waals surface area contributed by atoms with E-state index in [1.807, 2.05) is 12.3 Å². The van der Waals surface area contributed by atoms with Gasteiger partial charge in [-0.25, -0.2) is 0 Å². The summed E-state index contributed by atoms with van der Waals surface area (Å²) in [5.41, 5.74) is 1.22. The Kier molecular flexibility index (Phi) is 4.62. The first kappa shape index (κ1) is 11.9. The average Bonchev–Trinajstić information content (AvgIpc) is 2.76. The van der Waals surface area contributed by atoms with Crippen LogP contribution in [0.4, 0.5) is 0 Å². The van der Waals surface area contributed by atoms with E-state index in [4.69, 9.17) is 0 Å². The molecule has 0 aliphatic heterocycles. The second-order valence-electron chi connectivity index (χ2n) is 2.92. The third-order valence-corrected chi connectivity index (χ3v) is 4.88. The molecule has 0 aromatic carbocycles. The highest BCUT2D eigenvalue weighted by Crippen LogP contribution is 2.30. The van der Waals surface area contributed by atoms with Gasteiger partial charge in [-0.1, -0.05) is 47.9 Å². The molecular weight excluding hydrogens is 258 g/mol. The van der Waals surface area contributed by atoms with Crippen molar-refractivity contribution in [2.24, 2.45) is 0 Å². The summed E-state index contributed by atoms with van der Waals surface area (Å²) < 4.78 is 2.08. The second-order valence-corrected chi connectivity index (χ2v) is 6.63. The van der Waals surface area contributed by atoms with Gasteiger partial charge in [0.05, 0.1) is 0 Å². The minimum absolute atomic E-state index is 0.902. The van der Waals surface area contributed by atoms with Gasteiger partial charge in [0.15, 0.2) is 8.68 Å². The maximum atomic E-state index is 4.14. The zero-order valence-corrected chi connectivity index (χ0v) is 11.2. The summed E-state index contributed by atoms with van der Waals surface area (Å²) in [6.07, 6.45) is 3.67. The maximum absolute atomic E-state index is 4.14. The molecule has 84 valence electrons. The van der Waals surface area contributed by atoms with Crippen LogP contribution in [0.5, 0.6) is 0 Å². The molecule has 0 aliphatic rings. The molecule has 0 spiro atoms. The molecule has 2 aromatic rings. The average molecular weight is 269 g/mol. The molecule has 2 aromatic heterocycles. The van der Waals surface area contributed by atoms with E-state index in [2.05, 4.69) is 28.2 Å². The van der Waals surface area contributed by atoms with Crippen LogP contribution in [0.2, 0.25) is 0 Å². The fourth-order valence-electron chi connectivity index (χ4n) is 1.07. The number of hydrogen-bond donors (Lipinski definition) is 0. The fraction of sp³-hybridized carbons (Fsp3) is 0.300. The van der Waals surface area contributed by atoms with Crippen LogP contribution >= 0.6 is 34.9 Å². The number of hydrogen-bond acceptors (Lipinski definition) is 6. The van der Waals surface area contributed by atoms with Gasteiger partial charge in [-0.3, -0.25) is 4.98 Å². The zero-order chi connectivity index (χ0) is 11.2. The molecule has 0 unspecified atom stereocenters. The maximum Gasteiger partial charge on any atom is 0.175 e. The molecule has 2 rings (SSSR count). The van der Waals surface area contributed by atoms with Crippen molar-refractivity contribution in [2.45, 2.75) is 21.4 Å². The van der Waals surface area contributed by atoms with Crippen molar-refractivity contribution in [2.75, 3.05) is 5.75 Å². The number of aromatic nitrogens is 3. The Balaban J connectivity index is 1.89. The Bertz CT molecular complexity index is 430. The van der Waals surface area contributed by atoms with Crippen LogP contribution in [0.15, 0.2) is 33.2 Å². The first-order valence-electron chi connectivity index (χ1n) is 4.86. The van der Waals surface area contributed by atoms with Gasteiger partial charge in [0.2, 0.25) is 0 Å². The number of rotatable bonds is 5. The Labute approximate surface area is 107 Å². The summed E-state index contributed by atoms with van der Waals surface area (Å²) in [4.78, 5) is 4.08. The van der Waals surface area contributed by atoms with Crippen LogP contribution in [0, 0.1) is 0 Å². The van der Waals surface area contributed by atoms with E-state index < -0.39 is 0 Å². The highest BCUT2D eigenvalue weighted by atomic mass is 32.2. The highest BCUT2D eigenvalue weighted by Gasteiger charge is 2.04. The summed E-state index contributed by atoms with van der Waals surface area (Å²) >= 11 is 5.11. The van der Waals surface area contributed by atoms with Crippen molar-refractivity contribution in [3.05, 3.63) is 30.1 Å². The summed E-state index contributed by atoms with van der Waals surface area (Å²) in [5.74, 6) is 1.95. The molecule has 0 amide bonds. The standard InChI is InChI=1S/C10H11N3S3/c1-2-14-9-12-13-10(16-9)15-7-8-4-3-5-11-6-8/h3-6H,2,7H2,1H3. The second kappa shape index (κ2) is 6.22. The van der Waals surface area contributed by atoms with Gasteiger partial charge in [-0.05, 0) is 17.4 Å². The normalized spacial score (nSPS) is 10.6. The van der Waals surface area contributed by atoms with E-state index in [0.717, 1.165) is 20.2 Å². The molecule has 0 bridgehead atoms. The molecule has 0 N–H and O–H groups in total. The number of pyridine rings is 1. The number of thioether (sulfide) groups is 2. The SMILES string of the molecule is CCSc1nnc(SCc2cccnc2)s1. The van der Waals surface area contributed by atoms with Gasteiger partial charge in [-0.15, -0.1) is 10.2 Å². The van der Waals surface area contributed by atoms with Crippen molar-refractivity contribution in [3.8, 4) is 0 Å². The predicted molar refractivity (Wildman–Crippen MR) is 70.1 cm³/mol. The molecule has 16 heavy (non-hydrogen) atoms. The summed E-state index contributed by atoms with van der Waals surface area (Å²) in [6, 6.07) is 4.02. The number of nitrogens with zero attached hydrogens (tertiary/aromatic N) is 3. The largest absolute Gasteiger partial charge is 0.264 e.